The Morgan fingerprint density at radius 2 is 2.33 bits per heavy atom. The Morgan fingerprint density at radius 1 is 1.67 bits per heavy atom. The third-order valence-electron chi connectivity index (χ3n) is 2.04. The van der Waals surface area contributed by atoms with Crippen molar-refractivity contribution in [3.63, 3.8) is 0 Å². The van der Waals surface area contributed by atoms with Crippen molar-refractivity contribution in [2.45, 2.75) is 12.5 Å². The van der Waals surface area contributed by atoms with Gasteiger partial charge in [-0.1, -0.05) is 6.08 Å². The monoisotopic (exact) mass is 208 g/mol. The quantitative estimate of drug-likeness (QED) is 0.449. The summed E-state index contributed by atoms with van der Waals surface area (Å²) in [4.78, 5) is 9.98. The van der Waals surface area contributed by atoms with Crippen LogP contribution in [0.5, 0.6) is 5.75 Å². The van der Waals surface area contributed by atoms with Crippen molar-refractivity contribution in [3.05, 3.63) is 46.5 Å². The van der Waals surface area contributed by atoms with Gasteiger partial charge in [-0.15, -0.1) is 6.58 Å². The van der Waals surface area contributed by atoms with E-state index < -0.39 is 11.0 Å². The molecule has 0 amide bonds. The van der Waals surface area contributed by atoms with Crippen molar-refractivity contribution < 1.29 is 10.0 Å². The second-order valence-electron chi connectivity index (χ2n) is 3.13. The van der Waals surface area contributed by atoms with Crippen LogP contribution in [0.2, 0.25) is 0 Å². The van der Waals surface area contributed by atoms with Crippen LogP contribution in [-0.4, -0.2) is 10.0 Å². The van der Waals surface area contributed by atoms with Crippen LogP contribution in [0.25, 0.3) is 0 Å². The first-order valence-corrected chi connectivity index (χ1v) is 4.40. The molecule has 0 bridgehead atoms. The number of nitro benzene ring substituents is 1. The summed E-state index contributed by atoms with van der Waals surface area (Å²) in [7, 11) is 0. The van der Waals surface area contributed by atoms with Gasteiger partial charge >= 0.3 is 0 Å². The number of nitro groups is 1. The fourth-order valence-electron chi connectivity index (χ4n) is 1.26. The predicted molar refractivity (Wildman–Crippen MR) is 56.5 cm³/mol. The minimum absolute atomic E-state index is 0.0325. The summed E-state index contributed by atoms with van der Waals surface area (Å²) in [6.07, 6.45) is 2.05. The van der Waals surface area contributed by atoms with E-state index in [4.69, 9.17) is 5.73 Å². The second-order valence-corrected chi connectivity index (χ2v) is 3.13. The summed E-state index contributed by atoms with van der Waals surface area (Å²) >= 11 is 0. The lowest BCUT2D eigenvalue weighted by Gasteiger charge is -2.10. The minimum atomic E-state index is -0.524. The zero-order valence-electron chi connectivity index (χ0n) is 8.09. The molecule has 1 atom stereocenters. The van der Waals surface area contributed by atoms with E-state index in [0.29, 0.717) is 12.0 Å². The van der Waals surface area contributed by atoms with Gasteiger partial charge in [0, 0.05) is 23.7 Å². The average Bonchev–Trinajstić information content (AvgIpc) is 2.18. The molecular weight excluding hydrogens is 196 g/mol. The van der Waals surface area contributed by atoms with E-state index in [-0.39, 0.29) is 11.4 Å². The summed E-state index contributed by atoms with van der Waals surface area (Å²) in [5.74, 6) is -0.0325. The van der Waals surface area contributed by atoms with E-state index in [1.54, 1.807) is 6.08 Å². The molecule has 1 rings (SSSR count). The number of phenols is 1. The van der Waals surface area contributed by atoms with Gasteiger partial charge in [0.25, 0.3) is 5.69 Å². The van der Waals surface area contributed by atoms with Crippen molar-refractivity contribution in [1.82, 2.24) is 0 Å². The highest BCUT2D eigenvalue weighted by molar-refractivity contribution is 5.44. The highest BCUT2D eigenvalue weighted by atomic mass is 16.6. The number of hydrogen-bond acceptors (Lipinski definition) is 4. The first-order chi connectivity index (χ1) is 7.06. The van der Waals surface area contributed by atoms with Crippen molar-refractivity contribution in [2.75, 3.05) is 0 Å². The molecule has 15 heavy (non-hydrogen) atoms. The molecule has 0 heterocycles. The van der Waals surface area contributed by atoms with Crippen LogP contribution in [0.1, 0.15) is 18.0 Å². The second kappa shape index (κ2) is 4.56. The van der Waals surface area contributed by atoms with Crippen molar-refractivity contribution in [3.8, 4) is 5.75 Å². The number of rotatable bonds is 4. The summed E-state index contributed by atoms with van der Waals surface area (Å²) in [6.45, 7) is 3.52. The van der Waals surface area contributed by atoms with Crippen LogP contribution in [0, 0.1) is 10.1 Å². The Kier molecular flexibility index (Phi) is 3.41. The molecule has 0 aromatic heterocycles. The zero-order chi connectivity index (χ0) is 11.4. The number of non-ortho nitro benzene ring substituents is 1. The standard InChI is InChI=1S/C10H12N2O3/c1-2-3-9(11)8-6-7(12(14)15)4-5-10(8)13/h2,4-6,9,13H,1,3,11H2/t9-/m0/s1. The number of nitrogens with zero attached hydrogens (tertiary/aromatic N) is 1. The Hall–Kier alpha value is -1.88. The van der Waals surface area contributed by atoms with Gasteiger partial charge in [0.1, 0.15) is 5.75 Å². The number of nitrogens with two attached hydrogens (primary N) is 1. The van der Waals surface area contributed by atoms with Crippen LogP contribution >= 0.6 is 0 Å². The third kappa shape index (κ3) is 2.54. The van der Waals surface area contributed by atoms with Gasteiger partial charge in [-0.25, -0.2) is 0 Å². The Bertz CT molecular complexity index is 390. The molecule has 0 unspecified atom stereocenters. The highest BCUT2D eigenvalue weighted by Gasteiger charge is 2.14. The third-order valence-corrected chi connectivity index (χ3v) is 2.04. The van der Waals surface area contributed by atoms with Gasteiger partial charge in [0.15, 0.2) is 0 Å². The first-order valence-electron chi connectivity index (χ1n) is 4.40. The molecule has 0 saturated carbocycles. The lowest BCUT2D eigenvalue weighted by Crippen LogP contribution is -2.09. The van der Waals surface area contributed by atoms with E-state index in [0.717, 1.165) is 0 Å². The molecule has 0 fully saturated rings. The maximum Gasteiger partial charge on any atom is 0.270 e. The number of aromatic hydroxyl groups is 1. The molecule has 5 heteroatoms. The molecule has 0 aliphatic heterocycles. The van der Waals surface area contributed by atoms with Gasteiger partial charge in [-0.3, -0.25) is 10.1 Å². The molecular formula is C10H12N2O3. The van der Waals surface area contributed by atoms with Crippen LogP contribution in [0.15, 0.2) is 30.9 Å². The Labute approximate surface area is 87.0 Å². The maximum atomic E-state index is 10.5. The summed E-state index contributed by atoms with van der Waals surface area (Å²) in [5.41, 5.74) is 6.01. The number of hydrogen-bond donors (Lipinski definition) is 2. The molecule has 1 aromatic rings. The van der Waals surface area contributed by atoms with E-state index in [1.807, 2.05) is 0 Å². The average molecular weight is 208 g/mol. The normalized spacial score (nSPS) is 12.1. The van der Waals surface area contributed by atoms with Gasteiger partial charge in [0.2, 0.25) is 0 Å². The Balaban J connectivity index is 3.09. The minimum Gasteiger partial charge on any atom is -0.508 e. The molecule has 3 N–H and O–H groups in total. The van der Waals surface area contributed by atoms with E-state index in [2.05, 4.69) is 6.58 Å². The molecule has 1 aromatic carbocycles. The van der Waals surface area contributed by atoms with Crippen LogP contribution in [0.4, 0.5) is 5.69 Å². The lowest BCUT2D eigenvalue weighted by atomic mass is 10.0. The summed E-state index contributed by atoms with van der Waals surface area (Å²) < 4.78 is 0. The SMILES string of the molecule is C=CC[C@H](N)c1cc([N+](=O)[O-])ccc1O. The molecule has 5 nitrogen and oxygen atoms in total. The van der Waals surface area contributed by atoms with Gasteiger partial charge in [0.05, 0.1) is 4.92 Å². The van der Waals surface area contributed by atoms with Gasteiger partial charge < -0.3 is 10.8 Å². The maximum absolute atomic E-state index is 10.5. The fraction of sp³-hybridized carbons (Fsp3) is 0.200. The number of phenolic OH excluding ortho intramolecular Hbond substituents is 1. The lowest BCUT2D eigenvalue weighted by molar-refractivity contribution is -0.385. The summed E-state index contributed by atoms with van der Waals surface area (Å²) in [5, 5.41) is 20.0. The predicted octanol–water partition coefficient (Wildman–Crippen LogP) is 1.88. The molecule has 0 radical (unpaired) electrons. The van der Waals surface area contributed by atoms with E-state index >= 15 is 0 Å². The van der Waals surface area contributed by atoms with Crippen molar-refractivity contribution in [1.29, 1.82) is 0 Å². The smallest absolute Gasteiger partial charge is 0.270 e. The highest BCUT2D eigenvalue weighted by Crippen LogP contribution is 2.28. The molecule has 80 valence electrons. The molecule has 0 aliphatic carbocycles. The number of benzene rings is 1. The van der Waals surface area contributed by atoms with Gasteiger partial charge in [-0.05, 0) is 12.5 Å². The van der Waals surface area contributed by atoms with Gasteiger partial charge in [-0.2, -0.15) is 0 Å². The molecule has 0 aliphatic rings. The van der Waals surface area contributed by atoms with Crippen LogP contribution < -0.4 is 5.73 Å². The summed E-state index contributed by atoms with van der Waals surface area (Å²) in [6, 6.07) is 3.32. The topological polar surface area (TPSA) is 89.4 Å². The first kappa shape index (κ1) is 11.2. The Morgan fingerprint density at radius 3 is 2.87 bits per heavy atom. The molecule has 0 spiro atoms. The molecule has 0 saturated heterocycles. The van der Waals surface area contributed by atoms with Crippen LogP contribution in [0.3, 0.4) is 0 Å². The fourth-order valence-corrected chi connectivity index (χ4v) is 1.26. The van der Waals surface area contributed by atoms with E-state index in [1.165, 1.54) is 18.2 Å². The van der Waals surface area contributed by atoms with Crippen molar-refractivity contribution in [2.24, 2.45) is 5.73 Å². The van der Waals surface area contributed by atoms with Crippen LogP contribution in [-0.2, 0) is 0 Å². The largest absolute Gasteiger partial charge is 0.508 e. The van der Waals surface area contributed by atoms with Crippen molar-refractivity contribution >= 4 is 5.69 Å². The van der Waals surface area contributed by atoms with E-state index in [9.17, 15) is 15.2 Å². The zero-order valence-corrected chi connectivity index (χ0v) is 8.09.